The van der Waals surface area contributed by atoms with Crippen LogP contribution in [0.5, 0.6) is 0 Å². The lowest BCUT2D eigenvalue weighted by Gasteiger charge is -2.28. The molecule has 298 valence electrons. The smallest absolute Gasteiger partial charge is 0.0641 e. The average Bonchev–Trinajstić information content (AvgIpc) is 3.65. The predicted octanol–water partition coefficient (Wildman–Crippen LogP) is 17.2. The Morgan fingerprint density at radius 3 is 1.72 bits per heavy atom. The molecule has 0 fully saturated rings. The first-order valence-corrected chi connectivity index (χ1v) is 22.1. The van der Waals surface area contributed by atoms with Crippen molar-refractivity contribution >= 4 is 60.3 Å². The van der Waals surface area contributed by atoms with Gasteiger partial charge in [0.2, 0.25) is 0 Å². The van der Waals surface area contributed by atoms with E-state index in [9.17, 15) is 0 Å². The highest BCUT2D eigenvalue weighted by atomic mass is 15.2. The number of hydrogen-bond acceptors (Lipinski definition) is 1. The Balaban J connectivity index is 0.986. The lowest BCUT2D eigenvalue weighted by molar-refractivity contribution is 1.13. The molecular weight excluding hydrogens is 773 g/mol. The molecule has 11 aromatic carbocycles. The normalized spacial score (nSPS) is 12.0. The van der Waals surface area contributed by atoms with Crippen molar-refractivity contribution in [3.05, 3.63) is 243 Å². The molecule has 2 nitrogen and oxygen atoms in total. The molecule has 2 heteroatoms. The van der Waals surface area contributed by atoms with Gasteiger partial charge in [-0.25, -0.2) is 0 Å². The first kappa shape index (κ1) is 36.2. The third-order valence-electron chi connectivity index (χ3n) is 13.3. The van der Waals surface area contributed by atoms with Gasteiger partial charge in [0.05, 0.1) is 22.6 Å². The molecule has 64 heavy (non-hydrogen) atoms. The van der Waals surface area contributed by atoms with E-state index in [0.29, 0.717) is 0 Å². The van der Waals surface area contributed by atoms with Gasteiger partial charge in [0.1, 0.15) is 0 Å². The summed E-state index contributed by atoms with van der Waals surface area (Å²) in [6, 6.07) is 89.1. The summed E-state index contributed by atoms with van der Waals surface area (Å²) >= 11 is 0. The number of fused-ring (bicyclic) bond motifs is 11. The SMILES string of the molecule is c1ccc(-c2ccc3c(-c4ccc(N5c6ccccc6-c6c(n(-c7cccc(-c8cccc9ccccc89)c7)c7ccccc67)-c6ccccc65)cc4)cc4ccccc4c3c2)cc1. The van der Waals surface area contributed by atoms with Crippen LogP contribution in [0.15, 0.2) is 243 Å². The van der Waals surface area contributed by atoms with Gasteiger partial charge < -0.3 is 9.47 Å². The molecule has 0 unspecified atom stereocenters. The van der Waals surface area contributed by atoms with E-state index < -0.39 is 0 Å². The number of benzene rings is 11. The van der Waals surface area contributed by atoms with E-state index in [2.05, 4.69) is 252 Å². The van der Waals surface area contributed by atoms with Gasteiger partial charge in [-0.3, -0.25) is 0 Å². The van der Waals surface area contributed by atoms with Crippen LogP contribution in [0, 0.1) is 0 Å². The molecular formula is C62H40N2. The van der Waals surface area contributed by atoms with Crippen LogP contribution in [0.1, 0.15) is 0 Å². The molecule has 13 rings (SSSR count). The van der Waals surface area contributed by atoms with Crippen molar-refractivity contribution in [2.45, 2.75) is 0 Å². The maximum absolute atomic E-state index is 2.50. The molecule has 0 atom stereocenters. The molecule has 0 radical (unpaired) electrons. The van der Waals surface area contributed by atoms with Crippen LogP contribution >= 0.6 is 0 Å². The molecule has 0 saturated heterocycles. The summed E-state index contributed by atoms with van der Waals surface area (Å²) < 4.78 is 2.50. The molecule has 2 heterocycles. The quantitative estimate of drug-likeness (QED) is 0.157. The molecule has 1 aromatic heterocycles. The molecule has 0 bridgehead atoms. The van der Waals surface area contributed by atoms with Crippen LogP contribution in [0.3, 0.4) is 0 Å². The lowest BCUT2D eigenvalue weighted by Crippen LogP contribution is -2.11. The number of anilines is 3. The molecule has 12 aromatic rings. The summed E-state index contributed by atoms with van der Waals surface area (Å²) in [5, 5.41) is 8.75. The van der Waals surface area contributed by atoms with Crippen molar-refractivity contribution in [1.29, 1.82) is 0 Å². The van der Waals surface area contributed by atoms with E-state index in [1.54, 1.807) is 0 Å². The molecule has 0 N–H and O–H groups in total. The number of hydrogen-bond donors (Lipinski definition) is 0. The van der Waals surface area contributed by atoms with Crippen LogP contribution < -0.4 is 4.90 Å². The van der Waals surface area contributed by atoms with Crippen LogP contribution in [0.2, 0.25) is 0 Å². The van der Waals surface area contributed by atoms with Crippen molar-refractivity contribution < 1.29 is 0 Å². The standard InChI is InChI=1S/C62H40N2/c1-2-16-41(17-3-1)44-34-37-52-56(40-46-19-5-7-24-51(46)57(52)39-44)43-32-35-47(36-33-43)63-58-29-11-8-25-53(58)61-54-26-9-12-30-59(54)64(62(61)55-27-10-13-31-60(55)63)48-22-14-21-45(38-48)50-28-15-20-42-18-4-6-23-49(42)50/h1-40H. The summed E-state index contributed by atoms with van der Waals surface area (Å²) in [6.07, 6.45) is 0. The zero-order valence-corrected chi connectivity index (χ0v) is 35.0. The van der Waals surface area contributed by atoms with Gasteiger partial charge in [0.25, 0.3) is 0 Å². The Morgan fingerprint density at radius 1 is 0.266 bits per heavy atom. The summed E-state index contributed by atoms with van der Waals surface area (Å²) in [5.74, 6) is 0. The molecule has 1 aliphatic rings. The molecule has 0 saturated carbocycles. The molecule has 0 aliphatic carbocycles. The first-order chi connectivity index (χ1) is 31.8. The molecule has 0 spiro atoms. The van der Waals surface area contributed by atoms with Crippen LogP contribution in [-0.2, 0) is 0 Å². The van der Waals surface area contributed by atoms with Gasteiger partial charge in [0.15, 0.2) is 0 Å². The van der Waals surface area contributed by atoms with E-state index in [1.807, 2.05) is 0 Å². The zero-order chi connectivity index (χ0) is 42.1. The fourth-order valence-corrected chi connectivity index (χ4v) is 10.4. The van der Waals surface area contributed by atoms with Gasteiger partial charge in [-0.1, -0.05) is 188 Å². The van der Waals surface area contributed by atoms with Crippen LogP contribution in [-0.4, -0.2) is 4.57 Å². The summed E-state index contributed by atoms with van der Waals surface area (Å²) in [4.78, 5) is 2.46. The largest absolute Gasteiger partial charge is 0.309 e. The number of nitrogens with zero attached hydrogens (tertiary/aromatic N) is 2. The second-order valence-corrected chi connectivity index (χ2v) is 16.8. The third-order valence-corrected chi connectivity index (χ3v) is 13.3. The fraction of sp³-hybridized carbons (Fsp3) is 0. The summed E-state index contributed by atoms with van der Waals surface area (Å²) in [7, 11) is 0. The Hall–Kier alpha value is -8.46. The number of para-hydroxylation sites is 3. The van der Waals surface area contributed by atoms with Gasteiger partial charge in [-0.15, -0.1) is 0 Å². The minimum Gasteiger partial charge on any atom is -0.309 e. The predicted molar refractivity (Wildman–Crippen MR) is 271 cm³/mol. The third kappa shape index (κ3) is 5.66. The summed E-state index contributed by atoms with van der Waals surface area (Å²) in [5.41, 5.74) is 17.8. The molecule has 0 amide bonds. The van der Waals surface area contributed by atoms with Gasteiger partial charge in [-0.2, -0.15) is 0 Å². The minimum absolute atomic E-state index is 1.11. The monoisotopic (exact) mass is 812 g/mol. The van der Waals surface area contributed by atoms with Crippen molar-refractivity contribution in [3.8, 4) is 61.5 Å². The Bertz CT molecular complexity index is 3780. The Kier molecular flexibility index (Phi) is 8.25. The highest BCUT2D eigenvalue weighted by molar-refractivity contribution is 6.16. The van der Waals surface area contributed by atoms with E-state index in [4.69, 9.17) is 0 Å². The fourth-order valence-electron chi connectivity index (χ4n) is 10.4. The van der Waals surface area contributed by atoms with E-state index in [-0.39, 0.29) is 0 Å². The van der Waals surface area contributed by atoms with E-state index in [0.717, 1.165) is 22.7 Å². The van der Waals surface area contributed by atoms with Gasteiger partial charge >= 0.3 is 0 Å². The highest BCUT2D eigenvalue weighted by Gasteiger charge is 2.31. The van der Waals surface area contributed by atoms with Crippen molar-refractivity contribution in [3.63, 3.8) is 0 Å². The number of aromatic nitrogens is 1. The van der Waals surface area contributed by atoms with Crippen molar-refractivity contribution in [2.75, 3.05) is 4.90 Å². The maximum atomic E-state index is 2.50. The van der Waals surface area contributed by atoms with Gasteiger partial charge in [-0.05, 0) is 120 Å². The Morgan fingerprint density at radius 2 is 0.875 bits per heavy atom. The van der Waals surface area contributed by atoms with Gasteiger partial charge in [0, 0.05) is 33.5 Å². The zero-order valence-electron chi connectivity index (χ0n) is 35.0. The van der Waals surface area contributed by atoms with Crippen molar-refractivity contribution in [2.24, 2.45) is 0 Å². The second-order valence-electron chi connectivity index (χ2n) is 16.8. The average molecular weight is 813 g/mol. The molecule has 1 aliphatic heterocycles. The number of rotatable bonds is 5. The maximum Gasteiger partial charge on any atom is 0.0641 e. The first-order valence-electron chi connectivity index (χ1n) is 22.1. The topological polar surface area (TPSA) is 8.17 Å². The highest BCUT2D eigenvalue weighted by Crippen LogP contribution is 2.54. The van der Waals surface area contributed by atoms with Crippen LogP contribution in [0.25, 0.3) is 105 Å². The van der Waals surface area contributed by atoms with E-state index in [1.165, 1.54) is 99.0 Å². The van der Waals surface area contributed by atoms with Crippen LogP contribution in [0.4, 0.5) is 17.1 Å². The summed E-state index contributed by atoms with van der Waals surface area (Å²) in [6.45, 7) is 0. The van der Waals surface area contributed by atoms with E-state index >= 15 is 0 Å². The second kappa shape index (κ2) is 14.6. The minimum atomic E-state index is 1.11. The Labute approximate surface area is 372 Å². The van der Waals surface area contributed by atoms with Crippen molar-refractivity contribution in [1.82, 2.24) is 4.57 Å². The lowest BCUT2D eigenvalue weighted by atomic mass is 9.91.